The van der Waals surface area contributed by atoms with Crippen LogP contribution in [0.4, 0.5) is 0 Å². The number of hydrogen-bond acceptors (Lipinski definition) is 6. The first-order chi connectivity index (χ1) is 9.77. The fourth-order valence-corrected chi connectivity index (χ4v) is 3.82. The van der Waals surface area contributed by atoms with Gasteiger partial charge in [0.05, 0.1) is 24.7 Å². The Bertz CT molecular complexity index is 650. The Balaban J connectivity index is 2.09. The predicted octanol–water partition coefficient (Wildman–Crippen LogP) is 0.467. The maximum Gasteiger partial charge on any atom is 0.306 e. The largest absolute Gasteiger partial charge is 0.481 e. The third-order valence-corrected chi connectivity index (χ3v) is 5.78. The Kier molecular flexibility index (Phi) is 4.64. The van der Waals surface area contributed by atoms with Gasteiger partial charge in [-0.3, -0.25) is 9.59 Å². The van der Waals surface area contributed by atoms with E-state index in [-0.39, 0.29) is 29.7 Å². The molecule has 1 amide bonds. The van der Waals surface area contributed by atoms with E-state index in [4.69, 9.17) is 9.84 Å². The van der Waals surface area contributed by atoms with Crippen molar-refractivity contribution in [2.75, 3.05) is 26.0 Å². The van der Waals surface area contributed by atoms with Crippen LogP contribution in [-0.4, -0.2) is 62.4 Å². The third kappa shape index (κ3) is 4.02. The van der Waals surface area contributed by atoms with Crippen molar-refractivity contribution in [3.8, 4) is 0 Å². The van der Waals surface area contributed by atoms with Gasteiger partial charge in [0.1, 0.15) is 4.21 Å². The molecule has 1 atom stereocenters. The molecule has 0 saturated carbocycles. The van der Waals surface area contributed by atoms with E-state index < -0.39 is 21.9 Å². The SMILES string of the molecule is CS(=O)(=O)c1cc(C(=O)N2CCOC(CC(=O)O)C2)cs1. The van der Waals surface area contributed by atoms with Gasteiger partial charge in [0.25, 0.3) is 5.91 Å². The van der Waals surface area contributed by atoms with Crippen molar-refractivity contribution >= 4 is 33.1 Å². The van der Waals surface area contributed by atoms with Crippen molar-refractivity contribution in [2.45, 2.75) is 16.7 Å². The van der Waals surface area contributed by atoms with E-state index in [0.717, 1.165) is 17.6 Å². The second-order valence-corrected chi connectivity index (χ2v) is 7.92. The van der Waals surface area contributed by atoms with Crippen molar-refractivity contribution < 1.29 is 27.9 Å². The molecule has 2 rings (SSSR count). The molecular weight excluding hydrogens is 318 g/mol. The summed E-state index contributed by atoms with van der Waals surface area (Å²) in [6.07, 6.45) is 0.389. The number of thiophene rings is 1. The number of amides is 1. The van der Waals surface area contributed by atoms with Gasteiger partial charge in [-0.05, 0) is 6.07 Å². The number of carboxylic acids is 1. The highest BCUT2D eigenvalue weighted by molar-refractivity contribution is 7.92. The molecule has 1 aromatic heterocycles. The lowest BCUT2D eigenvalue weighted by Crippen LogP contribution is -2.46. The topological polar surface area (TPSA) is 101 Å². The van der Waals surface area contributed by atoms with Crippen molar-refractivity contribution in [3.63, 3.8) is 0 Å². The average molecular weight is 333 g/mol. The monoisotopic (exact) mass is 333 g/mol. The second-order valence-electron chi connectivity index (χ2n) is 4.77. The smallest absolute Gasteiger partial charge is 0.306 e. The number of carbonyl (C=O) groups is 2. The summed E-state index contributed by atoms with van der Waals surface area (Å²) in [7, 11) is -3.33. The zero-order valence-electron chi connectivity index (χ0n) is 11.3. The number of ether oxygens (including phenoxy) is 1. The fourth-order valence-electron chi connectivity index (χ4n) is 2.03. The number of morpholine rings is 1. The maximum absolute atomic E-state index is 12.3. The summed E-state index contributed by atoms with van der Waals surface area (Å²) in [5.74, 6) is -1.29. The minimum absolute atomic E-state index is 0.140. The van der Waals surface area contributed by atoms with E-state index >= 15 is 0 Å². The van der Waals surface area contributed by atoms with Crippen molar-refractivity contribution in [1.29, 1.82) is 0 Å². The molecule has 0 aliphatic carbocycles. The molecule has 1 fully saturated rings. The molecule has 1 unspecified atom stereocenters. The number of hydrogen-bond donors (Lipinski definition) is 1. The molecule has 0 bridgehead atoms. The van der Waals surface area contributed by atoms with Crippen molar-refractivity contribution in [3.05, 3.63) is 17.0 Å². The lowest BCUT2D eigenvalue weighted by atomic mass is 10.2. The Labute approximate surface area is 126 Å². The highest BCUT2D eigenvalue weighted by Gasteiger charge is 2.27. The van der Waals surface area contributed by atoms with E-state index in [1.807, 2.05) is 0 Å². The van der Waals surface area contributed by atoms with Crippen LogP contribution in [0.5, 0.6) is 0 Å². The first kappa shape index (κ1) is 15.9. The van der Waals surface area contributed by atoms with Crippen LogP contribution in [-0.2, 0) is 19.4 Å². The molecule has 7 nitrogen and oxygen atoms in total. The van der Waals surface area contributed by atoms with Gasteiger partial charge in [-0.1, -0.05) is 0 Å². The average Bonchev–Trinajstić information content (AvgIpc) is 2.86. The van der Waals surface area contributed by atoms with Gasteiger partial charge in [-0.15, -0.1) is 11.3 Å². The lowest BCUT2D eigenvalue weighted by Gasteiger charge is -2.32. The second kappa shape index (κ2) is 6.12. The Morgan fingerprint density at radius 2 is 2.24 bits per heavy atom. The summed E-state index contributed by atoms with van der Waals surface area (Å²) in [6.45, 7) is 0.820. The van der Waals surface area contributed by atoms with Crippen molar-refractivity contribution in [1.82, 2.24) is 4.90 Å². The molecule has 0 aromatic carbocycles. The minimum Gasteiger partial charge on any atom is -0.481 e. The van der Waals surface area contributed by atoms with Crippen LogP contribution in [0.15, 0.2) is 15.7 Å². The minimum atomic E-state index is -3.33. The summed E-state index contributed by atoms with van der Waals surface area (Å²) in [6, 6.07) is 1.35. The number of aliphatic carboxylic acids is 1. The van der Waals surface area contributed by atoms with Crippen LogP contribution in [0, 0.1) is 0 Å². The highest BCUT2D eigenvalue weighted by atomic mass is 32.2. The summed E-state index contributed by atoms with van der Waals surface area (Å²) in [5, 5.41) is 10.3. The molecule has 0 radical (unpaired) electrons. The van der Waals surface area contributed by atoms with E-state index in [9.17, 15) is 18.0 Å². The Morgan fingerprint density at radius 3 is 2.81 bits per heavy atom. The van der Waals surface area contributed by atoms with Gasteiger partial charge >= 0.3 is 5.97 Å². The van der Waals surface area contributed by atoms with Gasteiger partial charge < -0.3 is 14.7 Å². The van der Waals surface area contributed by atoms with E-state index in [1.54, 1.807) is 0 Å². The molecule has 116 valence electrons. The highest BCUT2D eigenvalue weighted by Crippen LogP contribution is 2.22. The number of carboxylic acid groups (broad SMARTS) is 1. The van der Waals surface area contributed by atoms with E-state index in [0.29, 0.717) is 12.1 Å². The maximum atomic E-state index is 12.3. The van der Waals surface area contributed by atoms with Crippen LogP contribution in [0.2, 0.25) is 0 Å². The molecule has 1 N–H and O–H groups in total. The summed E-state index contributed by atoms with van der Waals surface area (Å²) >= 11 is 0.999. The number of carbonyl (C=O) groups excluding carboxylic acids is 1. The Hall–Kier alpha value is -1.45. The summed E-state index contributed by atoms with van der Waals surface area (Å²) in [4.78, 5) is 24.5. The van der Waals surface area contributed by atoms with Gasteiger partial charge in [-0.2, -0.15) is 0 Å². The van der Waals surface area contributed by atoms with Crippen LogP contribution < -0.4 is 0 Å². The quantitative estimate of drug-likeness (QED) is 0.859. The molecule has 9 heteroatoms. The fraction of sp³-hybridized carbons (Fsp3) is 0.500. The molecule has 1 aliphatic heterocycles. The molecular formula is C12H15NO6S2. The molecule has 1 saturated heterocycles. The third-order valence-electron chi connectivity index (χ3n) is 3.02. The lowest BCUT2D eigenvalue weighted by molar-refractivity contribution is -0.141. The first-order valence-corrected chi connectivity index (χ1v) is 8.95. The van der Waals surface area contributed by atoms with Crippen LogP contribution in [0.3, 0.4) is 0 Å². The van der Waals surface area contributed by atoms with E-state index in [2.05, 4.69) is 0 Å². The number of nitrogens with zero attached hydrogens (tertiary/aromatic N) is 1. The molecule has 21 heavy (non-hydrogen) atoms. The van der Waals surface area contributed by atoms with Crippen molar-refractivity contribution in [2.24, 2.45) is 0 Å². The van der Waals surface area contributed by atoms with Crippen LogP contribution in [0.1, 0.15) is 16.8 Å². The van der Waals surface area contributed by atoms with Crippen LogP contribution in [0.25, 0.3) is 0 Å². The molecule has 1 aliphatic rings. The Morgan fingerprint density at radius 1 is 1.52 bits per heavy atom. The van der Waals surface area contributed by atoms with Gasteiger partial charge in [0, 0.05) is 24.7 Å². The summed E-state index contributed by atoms with van der Waals surface area (Å²) in [5.41, 5.74) is 0.302. The normalized spacial score (nSPS) is 19.5. The van der Waals surface area contributed by atoms with Crippen LogP contribution >= 0.6 is 11.3 Å². The van der Waals surface area contributed by atoms with Gasteiger partial charge in [-0.25, -0.2) is 8.42 Å². The molecule has 0 spiro atoms. The standard InChI is InChI=1S/C12H15NO6S2/c1-21(17,18)11-4-8(7-20-11)12(16)13-2-3-19-9(6-13)5-10(14)15/h4,7,9H,2-3,5-6H2,1H3,(H,14,15). The first-order valence-electron chi connectivity index (χ1n) is 6.18. The number of rotatable bonds is 4. The summed E-state index contributed by atoms with van der Waals surface area (Å²) < 4.78 is 28.3. The predicted molar refractivity (Wildman–Crippen MR) is 75.3 cm³/mol. The van der Waals surface area contributed by atoms with E-state index in [1.165, 1.54) is 16.3 Å². The molecule has 2 heterocycles. The molecule has 1 aromatic rings. The van der Waals surface area contributed by atoms with Gasteiger partial charge in [0.2, 0.25) is 0 Å². The number of sulfone groups is 1. The zero-order chi connectivity index (χ0) is 15.6. The zero-order valence-corrected chi connectivity index (χ0v) is 12.9. The van der Waals surface area contributed by atoms with Gasteiger partial charge in [0.15, 0.2) is 9.84 Å².